The molecule has 1 saturated heterocycles. The molecule has 1 aliphatic heterocycles. The van der Waals surface area contributed by atoms with Crippen LogP contribution in [0.2, 0.25) is 0 Å². The second kappa shape index (κ2) is 17.1. The van der Waals surface area contributed by atoms with E-state index < -0.39 is 66.7 Å². The third-order valence-electron chi connectivity index (χ3n) is 8.54. The van der Waals surface area contributed by atoms with Crippen LogP contribution in [0.5, 0.6) is 0 Å². The molecule has 0 bridgehead atoms. The first kappa shape index (κ1) is 34.9. The Labute approximate surface area is 271 Å². The van der Waals surface area contributed by atoms with E-state index in [0.29, 0.717) is 12.8 Å². The summed E-state index contributed by atoms with van der Waals surface area (Å²) in [6, 6.07) is 16.0. The Balaban J connectivity index is 1.60. The summed E-state index contributed by atoms with van der Waals surface area (Å²) in [7, 11) is 0. The van der Waals surface area contributed by atoms with Crippen molar-refractivity contribution in [1.82, 2.24) is 4.90 Å². The maximum atomic E-state index is 13.6. The fourth-order valence-corrected chi connectivity index (χ4v) is 6.04. The number of carbonyl (C=O) groups excluding carboxylic acids is 2. The number of hydrogen-bond donors (Lipinski definition) is 0. The van der Waals surface area contributed by atoms with Crippen LogP contribution in [0.25, 0.3) is 31.3 Å². The van der Waals surface area contributed by atoms with Gasteiger partial charge in [-0.3, -0.25) is 9.69 Å². The molecule has 1 aliphatic carbocycles. The standard InChI is InChI=1S/C31H38N10O6/c1-19-25(36-39-33)16-26(37-40-34)29(28(19)45-21(3)42)47-30-24(35-38-32)14-15-27(46-30)20(2)41(17-22-10-6-4-7-11-22)31(43)44-18-23-12-8-5-9-13-23/h4-13,19-20,24-30H,14-18H2,1-3H3/t19-,20+,24+,25+,26-,27-,28+,29+,30+/m0/s1. The Bertz CT molecular complexity index is 1500. The lowest BCUT2D eigenvalue weighted by atomic mass is 9.79. The van der Waals surface area contributed by atoms with E-state index in [1.54, 1.807) is 11.8 Å². The van der Waals surface area contributed by atoms with Crippen molar-refractivity contribution < 1.29 is 28.5 Å². The van der Waals surface area contributed by atoms with Gasteiger partial charge in [-0.15, -0.1) is 0 Å². The zero-order valence-corrected chi connectivity index (χ0v) is 26.4. The number of benzene rings is 2. The number of hydrogen-bond acceptors (Lipinski definition) is 9. The summed E-state index contributed by atoms with van der Waals surface area (Å²) in [5, 5.41) is 11.6. The van der Waals surface area contributed by atoms with Gasteiger partial charge in [-0.1, -0.05) is 82.9 Å². The Morgan fingerprint density at radius 3 is 2.11 bits per heavy atom. The summed E-state index contributed by atoms with van der Waals surface area (Å²) >= 11 is 0. The second-order valence-electron chi connectivity index (χ2n) is 11.6. The van der Waals surface area contributed by atoms with Gasteiger partial charge in [0.2, 0.25) is 0 Å². The number of nitrogens with zero attached hydrogens (tertiary/aromatic N) is 10. The van der Waals surface area contributed by atoms with Crippen LogP contribution < -0.4 is 0 Å². The maximum Gasteiger partial charge on any atom is 0.410 e. The molecule has 47 heavy (non-hydrogen) atoms. The lowest BCUT2D eigenvalue weighted by Gasteiger charge is -2.46. The van der Waals surface area contributed by atoms with Crippen LogP contribution >= 0.6 is 0 Å². The van der Waals surface area contributed by atoms with Gasteiger partial charge < -0.3 is 18.9 Å². The molecule has 16 nitrogen and oxygen atoms in total. The molecule has 2 aromatic carbocycles. The van der Waals surface area contributed by atoms with Crippen molar-refractivity contribution in [3.05, 3.63) is 103 Å². The predicted molar refractivity (Wildman–Crippen MR) is 169 cm³/mol. The predicted octanol–water partition coefficient (Wildman–Crippen LogP) is 7.11. The van der Waals surface area contributed by atoms with E-state index in [1.807, 2.05) is 67.6 Å². The van der Waals surface area contributed by atoms with Gasteiger partial charge in [0, 0.05) is 40.2 Å². The average Bonchev–Trinajstić information content (AvgIpc) is 3.07. The normalized spacial score (nSPS) is 27.5. The minimum atomic E-state index is -1.14. The highest BCUT2D eigenvalue weighted by atomic mass is 16.7. The molecule has 2 aliphatic rings. The fraction of sp³-hybridized carbons (Fsp3) is 0.548. The molecular weight excluding hydrogens is 608 g/mol. The highest BCUT2D eigenvalue weighted by Gasteiger charge is 2.48. The van der Waals surface area contributed by atoms with E-state index in [9.17, 15) is 20.7 Å². The van der Waals surface area contributed by atoms with E-state index in [2.05, 4.69) is 30.1 Å². The summed E-state index contributed by atoms with van der Waals surface area (Å²) in [6.45, 7) is 5.16. The zero-order valence-electron chi connectivity index (χ0n) is 26.4. The van der Waals surface area contributed by atoms with Crippen molar-refractivity contribution >= 4 is 12.1 Å². The van der Waals surface area contributed by atoms with Gasteiger partial charge >= 0.3 is 12.1 Å². The smallest absolute Gasteiger partial charge is 0.410 e. The summed E-state index contributed by atoms with van der Waals surface area (Å²) < 4.78 is 24.2. The molecule has 2 fully saturated rings. The molecule has 0 N–H and O–H groups in total. The van der Waals surface area contributed by atoms with Crippen LogP contribution in [0, 0.1) is 5.92 Å². The first-order chi connectivity index (χ1) is 22.7. The third-order valence-corrected chi connectivity index (χ3v) is 8.54. The number of amides is 1. The Morgan fingerprint density at radius 1 is 0.894 bits per heavy atom. The minimum Gasteiger partial charge on any atom is -0.459 e. The highest BCUT2D eigenvalue weighted by Crippen LogP contribution is 2.37. The van der Waals surface area contributed by atoms with E-state index in [-0.39, 0.29) is 19.6 Å². The van der Waals surface area contributed by atoms with Crippen molar-refractivity contribution in [3.8, 4) is 0 Å². The lowest BCUT2D eigenvalue weighted by molar-refractivity contribution is -0.257. The van der Waals surface area contributed by atoms with Gasteiger partial charge in [-0.25, -0.2) is 4.79 Å². The van der Waals surface area contributed by atoms with Crippen LogP contribution in [-0.4, -0.2) is 65.7 Å². The molecule has 0 radical (unpaired) electrons. The molecule has 1 heterocycles. The van der Waals surface area contributed by atoms with Crippen LogP contribution in [0.15, 0.2) is 76.0 Å². The topological polar surface area (TPSA) is 221 Å². The van der Waals surface area contributed by atoms with Crippen molar-refractivity contribution in [2.24, 2.45) is 21.3 Å². The molecule has 0 unspecified atom stereocenters. The number of esters is 1. The monoisotopic (exact) mass is 646 g/mol. The largest absolute Gasteiger partial charge is 0.459 e. The Morgan fingerprint density at radius 2 is 1.49 bits per heavy atom. The SMILES string of the molecule is CC(=O)O[C@@H]1[C@@H](C)[C@H](N=[N+]=[N-])C[C@H](N=[N+]=[N-])[C@H]1O[C@H]1O[C@H]([C@@H](C)N(Cc2ccccc2)C(=O)OCc2ccccc2)CC[C@H]1N=[N+]=[N-]. The van der Waals surface area contributed by atoms with Crippen molar-refractivity contribution in [2.45, 2.75) is 102 Å². The summed E-state index contributed by atoms with van der Waals surface area (Å²) in [4.78, 5) is 36.1. The van der Waals surface area contributed by atoms with E-state index >= 15 is 0 Å². The van der Waals surface area contributed by atoms with Crippen molar-refractivity contribution in [2.75, 3.05) is 0 Å². The minimum absolute atomic E-state index is 0.0863. The van der Waals surface area contributed by atoms with Crippen LogP contribution in [0.4, 0.5) is 4.79 Å². The molecule has 1 amide bonds. The average molecular weight is 647 g/mol. The summed E-state index contributed by atoms with van der Waals surface area (Å²) in [5.74, 6) is -1.10. The molecule has 0 aromatic heterocycles. The molecule has 4 rings (SSSR count). The molecule has 9 atom stereocenters. The van der Waals surface area contributed by atoms with Gasteiger partial charge in [0.15, 0.2) is 6.29 Å². The molecule has 248 valence electrons. The first-order valence-electron chi connectivity index (χ1n) is 15.4. The van der Waals surface area contributed by atoms with Crippen molar-refractivity contribution in [3.63, 3.8) is 0 Å². The van der Waals surface area contributed by atoms with Crippen LogP contribution in [0.3, 0.4) is 0 Å². The number of ether oxygens (including phenoxy) is 4. The molecule has 0 spiro atoms. The third kappa shape index (κ3) is 9.29. The van der Waals surface area contributed by atoms with Gasteiger partial charge in [-0.05, 0) is 53.9 Å². The highest BCUT2D eigenvalue weighted by molar-refractivity contribution is 5.68. The first-order valence-corrected chi connectivity index (χ1v) is 15.4. The quantitative estimate of drug-likeness (QED) is 0.101. The Kier molecular flexibility index (Phi) is 12.7. The van der Waals surface area contributed by atoms with E-state index in [4.69, 9.17) is 24.5 Å². The molecular formula is C31H38N10O6. The summed E-state index contributed by atoms with van der Waals surface area (Å²) in [5.41, 5.74) is 29.5. The molecule has 16 heteroatoms. The number of carbonyl (C=O) groups is 2. The van der Waals surface area contributed by atoms with Gasteiger partial charge in [0.05, 0.1) is 24.2 Å². The van der Waals surface area contributed by atoms with Crippen LogP contribution in [-0.2, 0) is 36.9 Å². The zero-order chi connectivity index (χ0) is 33.8. The second-order valence-corrected chi connectivity index (χ2v) is 11.6. The Hall–Kier alpha value is -4.97. The van der Waals surface area contributed by atoms with E-state index in [0.717, 1.165) is 11.1 Å². The number of rotatable bonds is 12. The van der Waals surface area contributed by atoms with Gasteiger partial charge in [-0.2, -0.15) is 0 Å². The van der Waals surface area contributed by atoms with E-state index in [1.165, 1.54) is 6.92 Å². The van der Waals surface area contributed by atoms with Crippen LogP contribution in [0.1, 0.15) is 51.2 Å². The van der Waals surface area contributed by atoms with Crippen molar-refractivity contribution in [1.29, 1.82) is 0 Å². The summed E-state index contributed by atoms with van der Waals surface area (Å²) in [6.07, 6.45) is -3.33. The molecule has 2 aromatic rings. The van der Waals surface area contributed by atoms with Gasteiger partial charge in [0.1, 0.15) is 18.8 Å². The fourth-order valence-electron chi connectivity index (χ4n) is 6.04. The van der Waals surface area contributed by atoms with Gasteiger partial charge in [0.25, 0.3) is 0 Å². The lowest BCUT2D eigenvalue weighted by Crippen LogP contribution is -2.57. The maximum absolute atomic E-state index is 13.6. The molecule has 1 saturated carbocycles. The number of azide groups is 3.